The van der Waals surface area contributed by atoms with Crippen molar-refractivity contribution in [2.75, 3.05) is 13.1 Å². The van der Waals surface area contributed by atoms with Crippen LogP contribution in [0.3, 0.4) is 0 Å². The highest BCUT2D eigenvalue weighted by atomic mass is 16.1. The fraction of sp³-hybridized carbons (Fsp3) is 0.933. The lowest BCUT2D eigenvalue weighted by molar-refractivity contribution is -0.123. The second kappa shape index (κ2) is 11.5. The molecule has 0 spiro atoms. The number of nitrogens with one attached hydrogen (secondary N) is 2. The first-order valence-corrected chi connectivity index (χ1v) is 7.55. The first-order chi connectivity index (χ1) is 8.54. The van der Waals surface area contributed by atoms with E-state index < -0.39 is 0 Å². The molecule has 0 bridgehead atoms. The van der Waals surface area contributed by atoms with Gasteiger partial charge in [0.2, 0.25) is 5.91 Å². The van der Waals surface area contributed by atoms with Gasteiger partial charge in [0.15, 0.2) is 0 Å². The highest BCUT2D eigenvalue weighted by Gasteiger charge is 2.04. The highest BCUT2D eigenvalue weighted by Crippen LogP contribution is 2.04. The van der Waals surface area contributed by atoms with Crippen LogP contribution in [0.5, 0.6) is 0 Å². The SMILES string of the molecule is CC(C)NCCCCCCCCNC(=O)C(C)C.[HH].[HH]. The summed E-state index contributed by atoms with van der Waals surface area (Å²) in [5, 5.41) is 6.39. The van der Waals surface area contributed by atoms with E-state index in [1.807, 2.05) is 13.8 Å². The normalized spacial score (nSPS) is 11.2. The summed E-state index contributed by atoms with van der Waals surface area (Å²) in [4.78, 5) is 11.3. The molecule has 112 valence electrons. The molecule has 0 fully saturated rings. The predicted molar refractivity (Wildman–Crippen MR) is 82.9 cm³/mol. The fourth-order valence-electron chi connectivity index (χ4n) is 1.76. The molecule has 0 rings (SSSR count). The van der Waals surface area contributed by atoms with E-state index in [4.69, 9.17) is 0 Å². The minimum Gasteiger partial charge on any atom is -0.356 e. The summed E-state index contributed by atoms with van der Waals surface area (Å²) >= 11 is 0. The molecule has 0 aromatic rings. The van der Waals surface area contributed by atoms with Crippen molar-refractivity contribution in [1.29, 1.82) is 0 Å². The van der Waals surface area contributed by atoms with Crippen molar-refractivity contribution < 1.29 is 7.65 Å². The summed E-state index contributed by atoms with van der Waals surface area (Å²) in [5.41, 5.74) is 0. The van der Waals surface area contributed by atoms with Gasteiger partial charge in [0.25, 0.3) is 0 Å². The Balaban J connectivity index is -0.00000144. The molecule has 0 saturated heterocycles. The standard InChI is InChI=1S/C15H32N2O.2H2/c1-13(2)15(18)17-12-10-8-6-5-7-9-11-16-14(3)4;;/h13-14,16H,5-12H2,1-4H3,(H,17,18);2*1H. The molecule has 0 radical (unpaired) electrons. The summed E-state index contributed by atoms with van der Waals surface area (Å²) in [5.74, 6) is 0.285. The van der Waals surface area contributed by atoms with Gasteiger partial charge in [-0.25, -0.2) is 0 Å². The average molecular weight is 260 g/mol. The largest absolute Gasteiger partial charge is 0.356 e. The summed E-state index contributed by atoms with van der Waals surface area (Å²) < 4.78 is 0. The molecule has 0 aliphatic heterocycles. The van der Waals surface area contributed by atoms with Gasteiger partial charge < -0.3 is 10.6 Å². The lowest BCUT2D eigenvalue weighted by atomic mass is 10.1. The molecule has 0 aliphatic rings. The zero-order chi connectivity index (χ0) is 13.8. The Labute approximate surface area is 116 Å². The summed E-state index contributed by atoms with van der Waals surface area (Å²) in [7, 11) is 0. The Kier molecular flexibility index (Phi) is 11.2. The molecule has 18 heavy (non-hydrogen) atoms. The molecular weight excluding hydrogens is 224 g/mol. The average Bonchev–Trinajstić information content (AvgIpc) is 2.30. The summed E-state index contributed by atoms with van der Waals surface area (Å²) in [6.07, 6.45) is 7.55. The van der Waals surface area contributed by atoms with E-state index in [1.165, 1.54) is 32.1 Å². The third kappa shape index (κ3) is 11.9. The van der Waals surface area contributed by atoms with E-state index in [1.54, 1.807) is 0 Å². The van der Waals surface area contributed by atoms with Crippen LogP contribution in [0.15, 0.2) is 0 Å². The first kappa shape index (κ1) is 17.4. The van der Waals surface area contributed by atoms with Crippen LogP contribution in [0.4, 0.5) is 0 Å². The monoisotopic (exact) mass is 260 g/mol. The molecule has 0 aromatic heterocycles. The van der Waals surface area contributed by atoms with Crippen LogP contribution >= 0.6 is 0 Å². The maximum absolute atomic E-state index is 11.3. The second-order valence-electron chi connectivity index (χ2n) is 5.68. The van der Waals surface area contributed by atoms with Gasteiger partial charge in [0.1, 0.15) is 0 Å². The molecule has 0 saturated carbocycles. The number of hydrogen-bond donors (Lipinski definition) is 2. The van der Waals surface area contributed by atoms with E-state index in [0.717, 1.165) is 19.5 Å². The van der Waals surface area contributed by atoms with E-state index >= 15 is 0 Å². The Hall–Kier alpha value is -0.570. The van der Waals surface area contributed by atoms with Gasteiger partial charge >= 0.3 is 0 Å². The van der Waals surface area contributed by atoms with Crippen LogP contribution in [0.1, 0.15) is 69.1 Å². The second-order valence-corrected chi connectivity index (χ2v) is 5.68. The van der Waals surface area contributed by atoms with Gasteiger partial charge in [0, 0.05) is 21.4 Å². The third-order valence-corrected chi connectivity index (χ3v) is 2.98. The van der Waals surface area contributed by atoms with Crippen molar-refractivity contribution in [2.24, 2.45) is 5.92 Å². The number of carbonyl (C=O) groups is 1. The molecular formula is C15H36N2O. The Morgan fingerprint density at radius 2 is 1.39 bits per heavy atom. The van der Waals surface area contributed by atoms with Crippen molar-refractivity contribution in [3.8, 4) is 0 Å². The van der Waals surface area contributed by atoms with Crippen LogP contribution in [-0.2, 0) is 4.79 Å². The number of carbonyl (C=O) groups excluding carboxylic acids is 1. The Bertz CT molecular complexity index is 212. The van der Waals surface area contributed by atoms with E-state index in [0.29, 0.717) is 6.04 Å². The van der Waals surface area contributed by atoms with E-state index in [9.17, 15) is 4.79 Å². The number of unbranched alkanes of at least 4 members (excludes halogenated alkanes) is 5. The maximum Gasteiger partial charge on any atom is 0.222 e. The molecule has 0 aromatic carbocycles. The Morgan fingerprint density at radius 3 is 1.89 bits per heavy atom. The number of hydrogen-bond acceptors (Lipinski definition) is 2. The zero-order valence-electron chi connectivity index (χ0n) is 12.7. The molecule has 0 atom stereocenters. The smallest absolute Gasteiger partial charge is 0.222 e. The molecule has 1 amide bonds. The minimum atomic E-state index is 0. The van der Waals surface area contributed by atoms with Gasteiger partial charge in [-0.3, -0.25) is 4.79 Å². The minimum absolute atomic E-state index is 0. The van der Waals surface area contributed by atoms with Crippen molar-refractivity contribution in [1.82, 2.24) is 10.6 Å². The lowest BCUT2D eigenvalue weighted by Gasteiger charge is -2.08. The summed E-state index contributed by atoms with van der Waals surface area (Å²) in [6.45, 7) is 10.2. The molecule has 3 heteroatoms. The number of rotatable bonds is 11. The molecule has 3 nitrogen and oxygen atoms in total. The molecule has 0 heterocycles. The van der Waals surface area contributed by atoms with Crippen LogP contribution in [0.2, 0.25) is 0 Å². The van der Waals surface area contributed by atoms with Crippen LogP contribution in [0, 0.1) is 5.92 Å². The van der Waals surface area contributed by atoms with Gasteiger partial charge in [-0.2, -0.15) is 0 Å². The molecule has 0 unspecified atom stereocenters. The van der Waals surface area contributed by atoms with Crippen LogP contribution in [0.25, 0.3) is 0 Å². The first-order valence-electron chi connectivity index (χ1n) is 7.55. The topological polar surface area (TPSA) is 41.1 Å². The van der Waals surface area contributed by atoms with Gasteiger partial charge in [-0.15, -0.1) is 0 Å². The fourth-order valence-corrected chi connectivity index (χ4v) is 1.76. The van der Waals surface area contributed by atoms with Crippen LogP contribution in [-0.4, -0.2) is 25.0 Å². The van der Waals surface area contributed by atoms with Crippen molar-refractivity contribution >= 4 is 5.91 Å². The van der Waals surface area contributed by atoms with Crippen molar-refractivity contribution in [2.45, 2.75) is 72.3 Å². The predicted octanol–water partition coefficient (Wildman–Crippen LogP) is 3.59. The van der Waals surface area contributed by atoms with Gasteiger partial charge in [-0.05, 0) is 19.4 Å². The Morgan fingerprint density at radius 1 is 0.889 bits per heavy atom. The molecule has 0 aliphatic carbocycles. The lowest BCUT2D eigenvalue weighted by Crippen LogP contribution is -2.28. The third-order valence-electron chi connectivity index (χ3n) is 2.98. The highest BCUT2D eigenvalue weighted by molar-refractivity contribution is 5.77. The van der Waals surface area contributed by atoms with Gasteiger partial charge in [-0.1, -0.05) is 53.4 Å². The summed E-state index contributed by atoms with van der Waals surface area (Å²) in [6, 6.07) is 0.606. The van der Waals surface area contributed by atoms with Crippen molar-refractivity contribution in [3.05, 3.63) is 0 Å². The quantitative estimate of drug-likeness (QED) is 0.557. The van der Waals surface area contributed by atoms with Gasteiger partial charge in [0.05, 0.1) is 0 Å². The van der Waals surface area contributed by atoms with E-state index in [2.05, 4.69) is 24.5 Å². The maximum atomic E-state index is 11.3. The van der Waals surface area contributed by atoms with E-state index in [-0.39, 0.29) is 14.7 Å². The van der Waals surface area contributed by atoms with Crippen LogP contribution < -0.4 is 10.6 Å². The molecule has 2 N–H and O–H groups in total. The van der Waals surface area contributed by atoms with Crippen molar-refractivity contribution in [3.63, 3.8) is 0 Å². The zero-order valence-corrected chi connectivity index (χ0v) is 12.7. The number of amides is 1.